The monoisotopic (exact) mass is 118 g/mol. The second kappa shape index (κ2) is 1.58. The zero-order chi connectivity index (χ0) is 6.10. The summed E-state index contributed by atoms with van der Waals surface area (Å²) < 4.78 is 2.02. The third-order valence-corrected chi connectivity index (χ3v) is 1.33. The number of fused-ring (bicyclic) bond motifs is 1. The van der Waals surface area contributed by atoms with Crippen LogP contribution < -0.4 is 0 Å². The van der Waals surface area contributed by atoms with E-state index in [1.54, 1.807) is 6.20 Å². The third-order valence-electron chi connectivity index (χ3n) is 1.33. The Balaban J connectivity index is 2.95. The van der Waals surface area contributed by atoms with Gasteiger partial charge in [0.2, 0.25) is 0 Å². The van der Waals surface area contributed by atoms with E-state index in [0.717, 1.165) is 5.52 Å². The Hall–Kier alpha value is -1.31. The fourth-order valence-electron chi connectivity index (χ4n) is 0.882. The molecule has 0 saturated carbocycles. The van der Waals surface area contributed by atoms with E-state index in [9.17, 15) is 0 Å². The second-order valence-electron chi connectivity index (χ2n) is 1.92. The van der Waals surface area contributed by atoms with Gasteiger partial charge in [-0.1, -0.05) is 0 Å². The van der Waals surface area contributed by atoms with Crippen molar-refractivity contribution >= 4 is 5.52 Å². The molecule has 9 heavy (non-hydrogen) atoms. The molecule has 0 atom stereocenters. The van der Waals surface area contributed by atoms with Crippen molar-refractivity contribution in [2.75, 3.05) is 0 Å². The molecule has 2 aromatic heterocycles. The number of rotatable bonds is 0. The molecule has 0 aliphatic rings. The first-order chi connectivity index (χ1) is 4.47. The highest BCUT2D eigenvalue weighted by Crippen LogP contribution is 1.98. The fraction of sp³-hybridized carbons (Fsp3) is 0. The largest absolute Gasteiger partial charge is 0.321 e. The van der Waals surface area contributed by atoms with Crippen molar-refractivity contribution in [2.45, 2.75) is 0 Å². The quantitative estimate of drug-likeness (QED) is 0.510. The van der Waals surface area contributed by atoms with Gasteiger partial charge in [0, 0.05) is 18.6 Å². The van der Waals surface area contributed by atoms with E-state index >= 15 is 0 Å². The Kier molecular flexibility index (Phi) is 0.803. The number of hydrogen-bond acceptors (Lipinski definition) is 1. The molecule has 0 radical (unpaired) electrons. The van der Waals surface area contributed by atoms with E-state index in [-0.39, 0.29) is 0 Å². The third kappa shape index (κ3) is 0.598. The van der Waals surface area contributed by atoms with Crippen LogP contribution in [0.3, 0.4) is 0 Å². The normalized spacial score (nSPS) is 10.2. The van der Waals surface area contributed by atoms with Crippen molar-refractivity contribution < 1.29 is 0 Å². The van der Waals surface area contributed by atoms with Gasteiger partial charge in [0.05, 0.1) is 11.7 Å². The summed E-state index contributed by atoms with van der Waals surface area (Å²) in [5.74, 6) is 0. The summed E-state index contributed by atoms with van der Waals surface area (Å²) >= 11 is 0. The Bertz CT molecular complexity index is 281. The predicted octanol–water partition coefficient (Wildman–Crippen LogP) is 1.33. The molecule has 2 heterocycles. The molecular formula is C7H6N2. The zero-order valence-corrected chi connectivity index (χ0v) is 4.86. The first-order valence-electron chi connectivity index (χ1n) is 2.83. The molecule has 44 valence electrons. The summed E-state index contributed by atoms with van der Waals surface area (Å²) in [6.45, 7) is 0. The van der Waals surface area contributed by atoms with Gasteiger partial charge in [-0.05, 0) is 12.1 Å². The van der Waals surface area contributed by atoms with Crippen LogP contribution in [0.4, 0.5) is 0 Å². The van der Waals surface area contributed by atoms with Gasteiger partial charge in [-0.3, -0.25) is 4.98 Å². The van der Waals surface area contributed by atoms with Gasteiger partial charge < -0.3 is 4.40 Å². The summed E-state index contributed by atoms with van der Waals surface area (Å²) in [5, 5.41) is 0. The van der Waals surface area contributed by atoms with Gasteiger partial charge in [-0.25, -0.2) is 0 Å². The van der Waals surface area contributed by atoms with Crippen LogP contribution in [0.2, 0.25) is 0 Å². The molecule has 2 rings (SSSR count). The maximum absolute atomic E-state index is 3.96. The highest BCUT2D eigenvalue weighted by molar-refractivity contribution is 5.44. The number of nitrogens with zero attached hydrogens (tertiary/aromatic N) is 2. The van der Waals surface area contributed by atoms with Crippen molar-refractivity contribution in [3.8, 4) is 0 Å². The molecule has 2 nitrogen and oxygen atoms in total. The van der Waals surface area contributed by atoms with Gasteiger partial charge in [0.15, 0.2) is 0 Å². The Labute approximate surface area is 52.8 Å². The molecule has 2 aromatic rings. The molecule has 0 bridgehead atoms. The molecule has 0 N–H and O–H groups in total. The van der Waals surface area contributed by atoms with E-state index < -0.39 is 0 Å². The minimum atomic E-state index is 1.14. The van der Waals surface area contributed by atoms with Crippen LogP contribution in [0.25, 0.3) is 5.52 Å². The highest BCUT2D eigenvalue weighted by Gasteiger charge is 1.84. The van der Waals surface area contributed by atoms with E-state index in [2.05, 4.69) is 4.98 Å². The minimum Gasteiger partial charge on any atom is -0.321 e. The van der Waals surface area contributed by atoms with E-state index in [0.29, 0.717) is 0 Å². The van der Waals surface area contributed by atoms with Crippen LogP contribution in [0.15, 0.2) is 36.9 Å². The number of aromatic nitrogens is 2. The first-order valence-corrected chi connectivity index (χ1v) is 2.83. The molecule has 0 saturated heterocycles. The average Bonchev–Trinajstić information content (AvgIpc) is 2.33. The van der Waals surface area contributed by atoms with Crippen molar-refractivity contribution in [3.05, 3.63) is 36.9 Å². The van der Waals surface area contributed by atoms with Crippen LogP contribution in [0.5, 0.6) is 0 Å². The standard InChI is InChI=1S/C7H6N2/c1-2-7-6-8-3-5-9(7)4-1/h1-6H. The maximum Gasteiger partial charge on any atom is 0.0634 e. The molecule has 0 spiro atoms. The van der Waals surface area contributed by atoms with Crippen molar-refractivity contribution in [2.24, 2.45) is 0 Å². The van der Waals surface area contributed by atoms with E-state index in [4.69, 9.17) is 0 Å². The lowest BCUT2D eigenvalue weighted by Gasteiger charge is -1.87. The fourth-order valence-corrected chi connectivity index (χ4v) is 0.882. The Morgan fingerprint density at radius 2 is 2.33 bits per heavy atom. The second-order valence-corrected chi connectivity index (χ2v) is 1.92. The van der Waals surface area contributed by atoms with Gasteiger partial charge >= 0.3 is 0 Å². The summed E-state index contributed by atoms with van der Waals surface area (Å²) in [4.78, 5) is 3.96. The zero-order valence-electron chi connectivity index (χ0n) is 4.86. The van der Waals surface area contributed by atoms with Gasteiger partial charge in [-0.15, -0.1) is 0 Å². The summed E-state index contributed by atoms with van der Waals surface area (Å²) in [5.41, 5.74) is 1.14. The minimum absolute atomic E-state index is 1.14. The van der Waals surface area contributed by atoms with Gasteiger partial charge in [-0.2, -0.15) is 0 Å². The molecule has 0 unspecified atom stereocenters. The molecule has 0 aromatic carbocycles. The molecule has 0 aliphatic carbocycles. The lowest BCUT2D eigenvalue weighted by atomic mass is 10.5. The molecule has 2 heteroatoms. The highest BCUT2D eigenvalue weighted by atomic mass is 14.9. The lowest BCUT2D eigenvalue weighted by Crippen LogP contribution is -1.79. The topological polar surface area (TPSA) is 17.3 Å². The maximum atomic E-state index is 3.96. The molecule has 0 aliphatic heterocycles. The average molecular weight is 118 g/mol. The van der Waals surface area contributed by atoms with Gasteiger partial charge in [0.25, 0.3) is 0 Å². The number of hydrogen-bond donors (Lipinski definition) is 0. The van der Waals surface area contributed by atoms with Crippen LogP contribution in [-0.2, 0) is 0 Å². The van der Waals surface area contributed by atoms with E-state index in [1.165, 1.54) is 0 Å². The van der Waals surface area contributed by atoms with Crippen LogP contribution in [0.1, 0.15) is 0 Å². The van der Waals surface area contributed by atoms with Crippen LogP contribution >= 0.6 is 0 Å². The van der Waals surface area contributed by atoms with Crippen molar-refractivity contribution in [1.29, 1.82) is 0 Å². The smallest absolute Gasteiger partial charge is 0.0634 e. The Morgan fingerprint density at radius 3 is 3.22 bits per heavy atom. The lowest BCUT2D eigenvalue weighted by molar-refractivity contribution is 1.14. The first kappa shape index (κ1) is 4.56. The van der Waals surface area contributed by atoms with Crippen molar-refractivity contribution in [3.63, 3.8) is 0 Å². The molecule has 0 amide bonds. The summed E-state index contributed by atoms with van der Waals surface area (Å²) in [6.07, 6.45) is 7.53. The van der Waals surface area contributed by atoms with E-state index in [1.807, 2.05) is 35.1 Å². The van der Waals surface area contributed by atoms with Crippen LogP contribution in [-0.4, -0.2) is 9.38 Å². The summed E-state index contributed by atoms with van der Waals surface area (Å²) in [7, 11) is 0. The molecule has 0 fully saturated rings. The predicted molar refractivity (Wildman–Crippen MR) is 35.2 cm³/mol. The Morgan fingerprint density at radius 1 is 1.33 bits per heavy atom. The van der Waals surface area contributed by atoms with Crippen LogP contribution in [0, 0.1) is 0 Å². The summed E-state index contributed by atoms with van der Waals surface area (Å²) in [6, 6.07) is 4.02. The SMILES string of the molecule is c1cc2cnccn2c1. The van der Waals surface area contributed by atoms with Gasteiger partial charge in [0.1, 0.15) is 0 Å². The van der Waals surface area contributed by atoms with Crippen molar-refractivity contribution in [1.82, 2.24) is 9.38 Å². The molecular weight excluding hydrogens is 112 g/mol.